The zero-order valence-corrected chi connectivity index (χ0v) is 12.6. The minimum absolute atomic E-state index is 0.0891. The number of pyridine rings is 1. The first-order chi connectivity index (χ1) is 9.43. The maximum atomic E-state index is 12.0. The Bertz CT molecular complexity index is 650. The van der Waals surface area contributed by atoms with Crippen LogP contribution in [0.4, 0.5) is 5.69 Å². The van der Waals surface area contributed by atoms with Crippen molar-refractivity contribution in [2.45, 2.75) is 6.92 Å². The van der Waals surface area contributed by atoms with Crippen LogP contribution < -0.4 is 5.32 Å². The highest BCUT2D eigenvalue weighted by Gasteiger charge is 2.17. The van der Waals surface area contributed by atoms with Gasteiger partial charge in [-0.1, -0.05) is 11.6 Å². The molecule has 0 fully saturated rings. The van der Waals surface area contributed by atoms with Gasteiger partial charge in [0.1, 0.15) is 0 Å². The molecule has 0 spiro atoms. The molecule has 0 aliphatic rings. The van der Waals surface area contributed by atoms with E-state index < -0.39 is 0 Å². The molecular weight excluding hydrogens is 278 g/mol. The number of aromatic nitrogens is 3. The van der Waals surface area contributed by atoms with Crippen molar-refractivity contribution in [1.82, 2.24) is 19.7 Å². The zero-order chi connectivity index (χ0) is 14.9. The second-order valence-corrected chi connectivity index (χ2v) is 4.98. The van der Waals surface area contributed by atoms with Crippen LogP contribution in [0.15, 0.2) is 18.5 Å². The van der Waals surface area contributed by atoms with Gasteiger partial charge in [0, 0.05) is 33.5 Å². The fourth-order valence-corrected chi connectivity index (χ4v) is 1.98. The number of hydrogen-bond donors (Lipinski definition) is 1. The van der Waals surface area contributed by atoms with Gasteiger partial charge in [-0.05, 0) is 13.0 Å². The summed E-state index contributed by atoms with van der Waals surface area (Å²) in [4.78, 5) is 17.8. The number of halogens is 1. The molecular formula is C13H16ClN5O. The molecule has 0 atom stereocenters. The number of amides is 1. The second-order valence-electron chi connectivity index (χ2n) is 4.55. The second kappa shape index (κ2) is 5.50. The van der Waals surface area contributed by atoms with Crippen LogP contribution in [-0.4, -0.2) is 46.7 Å². The van der Waals surface area contributed by atoms with Crippen molar-refractivity contribution >= 4 is 23.2 Å². The molecule has 1 amide bonds. The monoisotopic (exact) mass is 293 g/mol. The third-order valence-electron chi connectivity index (χ3n) is 2.86. The van der Waals surface area contributed by atoms with Crippen LogP contribution in [0.25, 0.3) is 5.82 Å². The smallest absolute Gasteiger partial charge is 0.256 e. The predicted octanol–water partition coefficient (Wildman–Crippen LogP) is 1.97. The van der Waals surface area contributed by atoms with Gasteiger partial charge in [0.15, 0.2) is 5.82 Å². The molecule has 2 aromatic heterocycles. The Morgan fingerprint density at radius 3 is 2.75 bits per heavy atom. The van der Waals surface area contributed by atoms with Crippen LogP contribution in [0.1, 0.15) is 16.1 Å². The third kappa shape index (κ3) is 2.60. The molecule has 7 heteroatoms. The zero-order valence-electron chi connectivity index (χ0n) is 11.8. The predicted molar refractivity (Wildman–Crippen MR) is 78.7 cm³/mol. The molecule has 2 aromatic rings. The molecule has 0 aliphatic carbocycles. The molecule has 0 saturated heterocycles. The number of aryl methyl sites for hydroxylation is 1. The summed E-state index contributed by atoms with van der Waals surface area (Å²) in [6, 6.07) is 1.76. The van der Waals surface area contributed by atoms with E-state index >= 15 is 0 Å². The quantitative estimate of drug-likeness (QED) is 0.940. The van der Waals surface area contributed by atoms with Crippen molar-refractivity contribution in [3.8, 4) is 5.82 Å². The largest absolute Gasteiger partial charge is 0.385 e. The van der Waals surface area contributed by atoms with E-state index in [-0.39, 0.29) is 5.91 Å². The molecule has 6 nitrogen and oxygen atoms in total. The number of hydrogen-bond acceptors (Lipinski definition) is 4. The van der Waals surface area contributed by atoms with Crippen molar-refractivity contribution in [2.75, 3.05) is 26.5 Å². The number of rotatable bonds is 3. The van der Waals surface area contributed by atoms with Crippen LogP contribution in [-0.2, 0) is 0 Å². The Kier molecular flexibility index (Phi) is 3.94. The Hall–Kier alpha value is -2.08. The first-order valence-electron chi connectivity index (χ1n) is 6.05. The maximum Gasteiger partial charge on any atom is 0.256 e. The Balaban J connectivity index is 2.50. The van der Waals surface area contributed by atoms with E-state index in [9.17, 15) is 4.79 Å². The lowest BCUT2D eigenvalue weighted by Crippen LogP contribution is -2.21. The minimum Gasteiger partial charge on any atom is -0.385 e. The highest BCUT2D eigenvalue weighted by atomic mass is 35.5. The van der Waals surface area contributed by atoms with Gasteiger partial charge in [0.25, 0.3) is 5.91 Å². The topological polar surface area (TPSA) is 63.1 Å². The summed E-state index contributed by atoms with van der Waals surface area (Å²) in [5.74, 6) is 0.506. The van der Waals surface area contributed by atoms with Crippen molar-refractivity contribution in [3.63, 3.8) is 0 Å². The Morgan fingerprint density at radius 2 is 2.15 bits per heavy atom. The van der Waals surface area contributed by atoms with E-state index in [1.807, 2.05) is 0 Å². The van der Waals surface area contributed by atoms with Crippen molar-refractivity contribution in [3.05, 3.63) is 34.7 Å². The number of anilines is 1. The Morgan fingerprint density at radius 1 is 1.45 bits per heavy atom. The van der Waals surface area contributed by atoms with E-state index in [1.54, 1.807) is 51.2 Å². The lowest BCUT2D eigenvalue weighted by Gasteiger charge is -2.09. The molecule has 2 heterocycles. The summed E-state index contributed by atoms with van der Waals surface area (Å²) in [6.45, 7) is 1.79. The Labute approximate surface area is 122 Å². The van der Waals surface area contributed by atoms with Crippen LogP contribution in [0, 0.1) is 6.92 Å². The molecule has 0 aliphatic heterocycles. The molecule has 20 heavy (non-hydrogen) atoms. The van der Waals surface area contributed by atoms with Crippen molar-refractivity contribution in [1.29, 1.82) is 0 Å². The summed E-state index contributed by atoms with van der Waals surface area (Å²) in [7, 11) is 5.19. The third-order valence-corrected chi connectivity index (χ3v) is 3.06. The van der Waals surface area contributed by atoms with Crippen LogP contribution in [0.5, 0.6) is 0 Å². The average molecular weight is 294 g/mol. The minimum atomic E-state index is -0.0891. The molecule has 0 saturated carbocycles. The van der Waals surface area contributed by atoms with Crippen molar-refractivity contribution in [2.24, 2.45) is 0 Å². The van der Waals surface area contributed by atoms with Gasteiger partial charge in [-0.3, -0.25) is 4.79 Å². The normalized spacial score (nSPS) is 10.4. The summed E-state index contributed by atoms with van der Waals surface area (Å²) >= 11 is 5.92. The number of nitrogens with one attached hydrogen (secondary N) is 1. The van der Waals surface area contributed by atoms with E-state index in [1.165, 1.54) is 4.90 Å². The molecule has 0 bridgehead atoms. The maximum absolute atomic E-state index is 12.0. The first-order valence-corrected chi connectivity index (χ1v) is 6.43. The van der Waals surface area contributed by atoms with Crippen LogP contribution >= 0.6 is 11.6 Å². The van der Waals surface area contributed by atoms with Gasteiger partial charge < -0.3 is 10.2 Å². The molecule has 0 unspecified atom stereocenters. The molecule has 0 aromatic carbocycles. The van der Waals surface area contributed by atoms with E-state index in [0.717, 1.165) is 5.69 Å². The van der Waals surface area contributed by atoms with Gasteiger partial charge in [-0.15, -0.1) is 0 Å². The molecule has 0 radical (unpaired) electrons. The highest BCUT2D eigenvalue weighted by Crippen LogP contribution is 2.22. The fourth-order valence-electron chi connectivity index (χ4n) is 1.82. The summed E-state index contributed by atoms with van der Waals surface area (Å²) in [6.07, 6.45) is 3.22. The fraction of sp³-hybridized carbons (Fsp3) is 0.308. The average Bonchev–Trinajstić information content (AvgIpc) is 2.79. The number of carbonyl (C=O) groups excluding carboxylic acids is 1. The highest BCUT2D eigenvalue weighted by molar-refractivity contribution is 6.30. The molecule has 106 valence electrons. The summed E-state index contributed by atoms with van der Waals surface area (Å²) in [5.41, 5.74) is 1.94. The van der Waals surface area contributed by atoms with E-state index in [4.69, 9.17) is 11.6 Å². The number of carbonyl (C=O) groups is 1. The van der Waals surface area contributed by atoms with Gasteiger partial charge >= 0.3 is 0 Å². The molecule has 1 N–H and O–H groups in total. The van der Waals surface area contributed by atoms with E-state index in [2.05, 4.69) is 15.4 Å². The van der Waals surface area contributed by atoms with Gasteiger partial charge in [0.2, 0.25) is 0 Å². The summed E-state index contributed by atoms with van der Waals surface area (Å²) in [5, 5.41) is 7.89. The first kappa shape index (κ1) is 14.3. The van der Waals surface area contributed by atoms with Crippen LogP contribution in [0.3, 0.4) is 0 Å². The van der Waals surface area contributed by atoms with E-state index in [0.29, 0.717) is 22.1 Å². The lowest BCUT2D eigenvalue weighted by atomic mass is 10.2. The van der Waals surface area contributed by atoms with Crippen molar-refractivity contribution < 1.29 is 4.79 Å². The van der Waals surface area contributed by atoms with Gasteiger partial charge in [0.05, 0.1) is 22.0 Å². The standard InChI is InChI=1S/C13H16ClN5O/c1-8-10(13(20)18(3)4)7-19(17-8)12-11(15-2)5-9(14)6-16-12/h5-7,15H,1-4H3. The molecule has 2 rings (SSSR count). The van der Waals surface area contributed by atoms with Crippen LogP contribution in [0.2, 0.25) is 5.02 Å². The SMILES string of the molecule is CNc1cc(Cl)cnc1-n1cc(C(=O)N(C)C)c(C)n1. The van der Waals surface area contributed by atoms with Gasteiger partial charge in [-0.2, -0.15) is 5.10 Å². The lowest BCUT2D eigenvalue weighted by molar-refractivity contribution is 0.0827. The summed E-state index contributed by atoms with van der Waals surface area (Å²) < 4.78 is 1.58. The van der Waals surface area contributed by atoms with Gasteiger partial charge in [-0.25, -0.2) is 9.67 Å². The number of nitrogens with zero attached hydrogens (tertiary/aromatic N) is 4.